The van der Waals surface area contributed by atoms with Gasteiger partial charge in [-0.25, -0.2) is 4.68 Å². The summed E-state index contributed by atoms with van der Waals surface area (Å²) in [6, 6.07) is 2.07. The van der Waals surface area contributed by atoms with Gasteiger partial charge in [-0.3, -0.25) is 4.79 Å². The molecule has 1 aliphatic heterocycles. The summed E-state index contributed by atoms with van der Waals surface area (Å²) in [6.45, 7) is 1.75. The van der Waals surface area contributed by atoms with Crippen LogP contribution in [0.2, 0.25) is 0 Å². The minimum absolute atomic E-state index is 0.0590. The Morgan fingerprint density at radius 3 is 3.06 bits per heavy atom. The lowest BCUT2D eigenvalue weighted by atomic mass is 10.2. The van der Waals surface area contributed by atoms with Crippen LogP contribution >= 0.6 is 12.2 Å². The lowest BCUT2D eigenvalue weighted by Crippen LogP contribution is -2.44. The summed E-state index contributed by atoms with van der Waals surface area (Å²) in [4.78, 5) is 11.7. The van der Waals surface area contributed by atoms with Crippen molar-refractivity contribution in [3.63, 3.8) is 0 Å². The molecule has 1 aromatic heterocycles. The number of hydrogen-bond acceptors (Lipinski definition) is 4. The van der Waals surface area contributed by atoms with E-state index in [0.717, 1.165) is 13.1 Å². The van der Waals surface area contributed by atoms with Crippen LogP contribution in [0, 0.1) is 0 Å². The van der Waals surface area contributed by atoms with E-state index in [1.807, 2.05) is 0 Å². The summed E-state index contributed by atoms with van der Waals surface area (Å²) in [5, 5.41) is 10.1. The fraction of sp³-hybridized carbons (Fsp3) is 0.444. The fourth-order valence-electron chi connectivity index (χ4n) is 1.50. The zero-order valence-corrected chi connectivity index (χ0v) is 9.46. The molecule has 0 atom stereocenters. The summed E-state index contributed by atoms with van der Waals surface area (Å²) in [5.74, 6) is 0.481. The summed E-state index contributed by atoms with van der Waals surface area (Å²) < 4.78 is 1.80. The van der Waals surface area contributed by atoms with E-state index in [2.05, 4.69) is 28.0 Å². The number of thiocarbonyl (C=S) groups is 1. The lowest BCUT2D eigenvalue weighted by molar-refractivity contribution is -0.115. The summed E-state index contributed by atoms with van der Waals surface area (Å²) in [5.41, 5.74) is 5.30. The molecule has 2 heterocycles. The summed E-state index contributed by atoms with van der Waals surface area (Å²) in [7, 11) is 0. The molecule has 6 nitrogen and oxygen atoms in total. The average molecular weight is 239 g/mol. The van der Waals surface area contributed by atoms with Gasteiger partial charge in [-0.05, 0) is 0 Å². The van der Waals surface area contributed by atoms with Crippen LogP contribution < -0.4 is 16.4 Å². The first-order chi connectivity index (χ1) is 7.66. The van der Waals surface area contributed by atoms with E-state index < -0.39 is 0 Å². The second-order valence-corrected chi connectivity index (χ2v) is 4.19. The Morgan fingerprint density at radius 2 is 2.50 bits per heavy atom. The third-order valence-corrected chi connectivity index (χ3v) is 2.52. The van der Waals surface area contributed by atoms with Crippen molar-refractivity contribution in [2.24, 2.45) is 5.73 Å². The number of nitrogens with zero attached hydrogens (tertiary/aromatic N) is 2. The van der Waals surface area contributed by atoms with E-state index in [-0.39, 0.29) is 17.3 Å². The molecule has 86 valence electrons. The maximum Gasteiger partial charge on any atom is 0.232 e. The van der Waals surface area contributed by atoms with E-state index in [4.69, 9.17) is 5.73 Å². The van der Waals surface area contributed by atoms with Gasteiger partial charge >= 0.3 is 0 Å². The lowest BCUT2D eigenvalue weighted by Gasteiger charge is -2.28. The Labute approximate surface area is 98.2 Å². The predicted octanol–water partition coefficient (Wildman–Crippen LogP) is -0.358. The van der Waals surface area contributed by atoms with Gasteiger partial charge in [0, 0.05) is 19.2 Å². The van der Waals surface area contributed by atoms with E-state index in [1.165, 1.54) is 0 Å². The number of amides is 1. The number of nitrogens with one attached hydrogen (secondary N) is 2. The third kappa shape index (κ3) is 2.37. The van der Waals surface area contributed by atoms with E-state index in [1.54, 1.807) is 16.9 Å². The standard InChI is InChI=1S/C9H13N5OS/c10-7(16)3-9(15)13-8-1-2-12-14(8)6-4-11-5-6/h1-2,6,11H,3-5H2,(H2,10,16)(H,13,15). The average Bonchev–Trinajstić information content (AvgIpc) is 2.48. The number of carbonyl (C=O) groups is 1. The third-order valence-electron chi connectivity index (χ3n) is 2.38. The number of rotatable bonds is 4. The molecular weight excluding hydrogens is 226 g/mol. The van der Waals surface area contributed by atoms with Crippen LogP contribution in [0.15, 0.2) is 12.3 Å². The summed E-state index contributed by atoms with van der Waals surface area (Å²) >= 11 is 4.67. The molecule has 2 rings (SSSR count). The van der Waals surface area contributed by atoms with Crippen molar-refractivity contribution in [1.29, 1.82) is 0 Å². The Bertz CT molecular complexity index is 412. The topological polar surface area (TPSA) is 85.0 Å². The van der Waals surface area contributed by atoms with E-state index in [9.17, 15) is 4.79 Å². The SMILES string of the molecule is NC(=S)CC(=O)Nc1ccnn1C1CNC1. The van der Waals surface area contributed by atoms with Crippen LogP contribution in [-0.4, -0.2) is 33.8 Å². The zero-order chi connectivity index (χ0) is 11.5. The van der Waals surface area contributed by atoms with Gasteiger partial charge in [-0.2, -0.15) is 5.10 Å². The molecule has 1 saturated heterocycles. The molecule has 4 N–H and O–H groups in total. The molecule has 0 saturated carbocycles. The largest absolute Gasteiger partial charge is 0.393 e. The highest BCUT2D eigenvalue weighted by Gasteiger charge is 2.22. The molecule has 0 spiro atoms. The smallest absolute Gasteiger partial charge is 0.232 e. The molecule has 1 amide bonds. The first-order valence-corrected chi connectivity index (χ1v) is 5.40. The van der Waals surface area contributed by atoms with Crippen molar-refractivity contribution in [1.82, 2.24) is 15.1 Å². The van der Waals surface area contributed by atoms with Crippen molar-refractivity contribution in [2.75, 3.05) is 18.4 Å². The van der Waals surface area contributed by atoms with E-state index >= 15 is 0 Å². The zero-order valence-electron chi connectivity index (χ0n) is 8.64. The van der Waals surface area contributed by atoms with Gasteiger partial charge in [0.2, 0.25) is 5.91 Å². The number of hydrogen-bond donors (Lipinski definition) is 3. The monoisotopic (exact) mass is 239 g/mol. The van der Waals surface area contributed by atoms with Crippen molar-refractivity contribution >= 4 is 28.9 Å². The molecule has 7 heteroatoms. The summed E-state index contributed by atoms with van der Waals surface area (Å²) in [6.07, 6.45) is 1.72. The molecule has 1 aliphatic rings. The number of carbonyl (C=O) groups excluding carboxylic acids is 1. The van der Waals surface area contributed by atoms with Crippen molar-refractivity contribution in [3.8, 4) is 0 Å². The molecule has 16 heavy (non-hydrogen) atoms. The molecule has 0 aromatic carbocycles. The first-order valence-electron chi connectivity index (χ1n) is 4.99. The first kappa shape index (κ1) is 11.0. The van der Waals surface area contributed by atoms with Gasteiger partial charge in [0.15, 0.2) is 0 Å². The molecule has 0 bridgehead atoms. The predicted molar refractivity (Wildman–Crippen MR) is 64.2 cm³/mol. The fourth-order valence-corrected chi connectivity index (χ4v) is 1.63. The van der Waals surface area contributed by atoms with Crippen LogP contribution in [0.1, 0.15) is 12.5 Å². The quantitative estimate of drug-likeness (QED) is 0.625. The van der Waals surface area contributed by atoms with Gasteiger partial charge in [-0.15, -0.1) is 0 Å². The molecule has 0 radical (unpaired) electrons. The molecule has 1 aromatic rings. The van der Waals surface area contributed by atoms with Gasteiger partial charge in [0.25, 0.3) is 0 Å². The Kier molecular flexibility index (Phi) is 3.16. The van der Waals surface area contributed by atoms with Crippen LogP contribution in [0.3, 0.4) is 0 Å². The number of nitrogens with two attached hydrogens (primary N) is 1. The van der Waals surface area contributed by atoms with Gasteiger partial charge in [0.1, 0.15) is 5.82 Å². The minimum atomic E-state index is -0.207. The van der Waals surface area contributed by atoms with Gasteiger partial charge < -0.3 is 16.4 Å². The second kappa shape index (κ2) is 4.58. The Balaban J connectivity index is 2.00. The van der Waals surface area contributed by atoms with Gasteiger partial charge in [-0.1, -0.05) is 12.2 Å². The van der Waals surface area contributed by atoms with E-state index in [0.29, 0.717) is 11.9 Å². The second-order valence-electron chi connectivity index (χ2n) is 3.66. The number of aromatic nitrogens is 2. The Morgan fingerprint density at radius 1 is 1.75 bits per heavy atom. The molecule has 0 unspecified atom stereocenters. The Hall–Kier alpha value is -1.47. The van der Waals surface area contributed by atoms with Crippen LogP contribution in [-0.2, 0) is 4.79 Å². The molecule has 1 fully saturated rings. The van der Waals surface area contributed by atoms with Crippen molar-refractivity contribution < 1.29 is 4.79 Å². The number of anilines is 1. The highest BCUT2D eigenvalue weighted by molar-refractivity contribution is 7.80. The van der Waals surface area contributed by atoms with Gasteiger partial charge in [0.05, 0.1) is 23.6 Å². The normalized spacial score (nSPS) is 15.5. The minimum Gasteiger partial charge on any atom is -0.393 e. The highest BCUT2D eigenvalue weighted by Crippen LogP contribution is 2.17. The van der Waals surface area contributed by atoms with Crippen LogP contribution in [0.4, 0.5) is 5.82 Å². The van der Waals surface area contributed by atoms with Crippen LogP contribution in [0.25, 0.3) is 0 Å². The molecule has 0 aliphatic carbocycles. The van der Waals surface area contributed by atoms with Crippen molar-refractivity contribution in [2.45, 2.75) is 12.5 Å². The van der Waals surface area contributed by atoms with Crippen LogP contribution in [0.5, 0.6) is 0 Å². The molecular formula is C9H13N5OS. The maximum atomic E-state index is 11.5. The highest BCUT2D eigenvalue weighted by atomic mass is 32.1. The maximum absolute atomic E-state index is 11.5. The van der Waals surface area contributed by atoms with Crippen molar-refractivity contribution in [3.05, 3.63) is 12.3 Å².